The van der Waals surface area contributed by atoms with E-state index in [0.717, 1.165) is 17.1 Å². The Balaban J connectivity index is 1.70. The zero-order chi connectivity index (χ0) is 16.2. The number of likely N-dealkylation sites (N-methyl/N-ethyl adjacent to an activating group) is 1. The van der Waals surface area contributed by atoms with Crippen molar-refractivity contribution in [1.82, 2.24) is 10.2 Å². The van der Waals surface area contributed by atoms with Crippen molar-refractivity contribution >= 4 is 6.09 Å². The Kier molecular flexibility index (Phi) is 5.13. The SMILES string of the molecule is CN(CCNCc1ccc2c(c1)OCO2)C(=O)OC(C)(C)C. The minimum atomic E-state index is -0.467. The lowest BCUT2D eigenvalue weighted by atomic mass is 10.2. The molecule has 1 aliphatic heterocycles. The molecule has 0 saturated heterocycles. The van der Waals surface area contributed by atoms with Gasteiger partial charge in [-0.05, 0) is 38.5 Å². The summed E-state index contributed by atoms with van der Waals surface area (Å²) in [5, 5.41) is 3.30. The lowest BCUT2D eigenvalue weighted by Crippen LogP contribution is -2.37. The van der Waals surface area contributed by atoms with Gasteiger partial charge in [-0.15, -0.1) is 0 Å². The Morgan fingerprint density at radius 3 is 2.77 bits per heavy atom. The van der Waals surface area contributed by atoms with Crippen molar-refractivity contribution in [1.29, 1.82) is 0 Å². The largest absolute Gasteiger partial charge is 0.454 e. The van der Waals surface area contributed by atoms with E-state index in [9.17, 15) is 4.79 Å². The van der Waals surface area contributed by atoms with Gasteiger partial charge in [-0.3, -0.25) is 0 Å². The van der Waals surface area contributed by atoms with Gasteiger partial charge in [0.25, 0.3) is 0 Å². The van der Waals surface area contributed by atoms with Crippen LogP contribution in [-0.2, 0) is 11.3 Å². The summed E-state index contributed by atoms with van der Waals surface area (Å²) in [5.74, 6) is 1.57. The number of nitrogens with one attached hydrogen (secondary N) is 1. The van der Waals surface area contributed by atoms with Gasteiger partial charge in [0.2, 0.25) is 6.79 Å². The van der Waals surface area contributed by atoms with Crippen LogP contribution in [0.15, 0.2) is 18.2 Å². The van der Waals surface area contributed by atoms with Crippen molar-refractivity contribution in [2.24, 2.45) is 0 Å². The molecule has 1 heterocycles. The molecule has 22 heavy (non-hydrogen) atoms. The molecule has 0 unspecified atom stereocenters. The van der Waals surface area contributed by atoms with Crippen molar-refractivity contribution in [3.05, 3.63) is 23.8 Å². The van der Waals surface area contributed by atoms with Crippen LogP contribution in [0.1, 0.15) is 26.3 Å². The molecule has 2 rings (SSSR count). The average molecular weight is 308 g/mol. The molecule has 6 heteroatoms. The number of ether oxygens (including phenoxy) is 3. The van der Waals surface area contributed by atoms with Crippen LogP contribution in [0.25, 0.3) is 0 Å². The second kappa shape index (κ2) is 6.87. The molecule has 122 valence electrons. The third-order valence-corrected chi connectivity index (χ3v) is 3.10. The van der Waals surface area contributed by atoms with Gasteiger partial charge in [-0.1, -0.05) is 6.07 Å². The molecule has 0 aromatic heterocycles. The van der Waals surface area contributed by atoms with Crippen molar-refractivity contribution < 1.29 is 19.0 Å². The molecule has 1 amide bonds. The van der Waals surface area contributed by atoms with Gasteiger partial charge in [0, 0.05) is 26.7 Å². The molecule has 0 atom stereocenters. The van der Waals surface area contributed by atoms with E-state index in [2.05, 4.69) is 5.32 Å². The maximum Gasteiger partial charge on any atom is 0.410 e. The molecule has 0 fully saturated rings. The van der Waals surface area contributed by atoms with Crippen molar-refractivity contribution in [3.63, 3.8) is 0 Å². The van der Waals surface area contributed by atoms with E-state index in [-0.39, 0.29) is 12.9 Å². The molecule has 1 aliphatic rings. The van der Waals surface area contributed by atoms with Crippen LogP contribution in [0.2, 0.25) is 0 Å². The van der Waals surface area contributed by atoms with Crippen LogP contribution in [0, 0.1) is 0 Å². The summed E-state index contributed by atoms with van der Waals surface area (Å²) < 4.78 is 15.9. The van der Waals surface area contributed by atoms with E-state index in [0.29, 0.717) is 19.6 Å². The minimum Gasteiger partial charge on any atom is -0.454 e. The first-order valence-corrected chi connectivity index (χ1v) is 7.38. The lowest BCUT2D eigenvalue weighted by Gasteiger charge is -2.24. The van der Waals surface area contributed by atoms with Crippen molar-refractivity contribution in [2.45, 2.75) is 32.9 Å². The van der Waals surface area contributed by atoms with Crippen LogP contribution in [0.5, 0.6) is 11.5 Å². The van der Waals surface area contributed by atoms with Crippen molar-refractivity contribution in [3.8, 4) is 11.5 Å². The van der Waals surface area contributed by atoms with Gasteiger partial charge in [-0.25, -0.2) is 4.79 Å². The third kappa shape index (κ3) is 4.80. The highest BCUT2D eigenvalue weighted by Gasteiger charge is 2.19. The normalized spacial score (nSPS) is 13.1. The molecule has 6 nitrogen and oxygen atoms in total. The van der Waals surface area contributed by atoms with E-state index in [4.69, 9.17) is 14.2 Å². The number of hydrogen-bond acceptors (Lipinski definition) is 5. The monoisotopic (exact) mass is 308 g/mol. The minimum absolute atomic E-state index is 0.285. The molecule has 1 aromatic carbocycles. The first-order chi connectivity index (χ1) is 10.3. The van der Waals surface area contributed by atoms with Gasteiger partial charge in [0.05, 0.1) is 0 Å². The first kappa shape index (κ1) is 16.4. The maximum atomic E-state index is 11.8. The van der Waals surface area contributed by atoms with Gasteiger partial charge in [0.1, 0.15) is 5.60 Å². The third-order valence-electron chi connectivity index (χ3n) is 3.10. The summed E-state index contributed by atoms with van der Waals surface area (Å²) in [5.41, 5.74) is 0.648. The number of benzene rings is 1. The van der Waals surface area contributed by atoms with Gasteiger partial charge >= 0.3 is 6.09 Å². The fourth-order valence-electron chi connectivity index (χ4n) is 1.96. The van der Waals surface area contributed by atoms with Crippen LogP contribution in [0.4, 0.5) is 4.79 Å². The fourth-order valence-corrected chi connectivity index (χ4v) is 1.96. The van der Waals surface area contributed by atoms with Crippen molar-refractivity contribution in [2.75, 3.05) is 26.9 Å². The molecular formula is C16H24N2O4. The van der Waals surface area contributed by atoms with Crippen LogP contribution in [0.3, 0.4) is 0 Å². The Labute approximate surface area is 131 Å². The Hall–Kier alpha value is -1.95. The smallest absolute Gasteiger partial charge is 0.410 e. The Morgan fingerprint density at radius 2 is 2.05 bits per heavy atom. The number of carbonyl (C=O) groups excluding carboxylic acids is 1. The summed E-state index contributed by atoms with van der Waals surface area (Å²) in [6.45, 7) is 7.83. The predicted octanol–water partition coefficient (Wildman–Crippen LogP) is 2.37. The number of hydrogen-bond donors (Lipinski definition) is 1. The van der Waals surface area contributed by atoms with E-state index >= 15 is 0 Å². The summed E-state index contributed by atoms with van der Waals surface area (Å²) in [6.07, 6.45) is -0.308. The molecule has 0 aliphatic carbocycles. The van der Waals surface area contributed by atoms with Gasteiger partial charge in [0.15, 0.2) is 11.5 Å². The zero-order valence-electron chi connectivity index (χ0n) is 13.6. The maximum absolute atomic E-state index is 11.8. The van der Waals surface area contributed by atoms with Gasteiger partial charge in [-0.2, -0.15) is 0 Å². The lowest BCUT2D eigenvalue weighted by molar-refractivity contribution is 0.0300. The number of nitrogens with zero attached hydrogens (tertiary/aromatic N) is 1. The molecule has 0 radical (unpaired) electrons. The average Bonchev–Trinajstić information content (AvgIpc) is 2.88. The number of carbonyl (C=O) groups is 1. The van der Waals surface area contributed by atoms with E-state index < -0.39 is 5.60 Å². The highest BCUT2D eigenvalue weighted by atomic mass is 16.7. The topological polar surface area (TPSA) is 60.0 Å². The van der Waals surface area contributed by atoms with Crippen LogP contribution in [-0.4, -0.2) is 43.5 Å². The summed E-state index contributed by atoms with van der Waals surface area (Å²) >= 11 is 0. The van der Waals surface area contributed by atoms with Crippen LogP contribution < -0.4 is 14.8 Å². The van der Waals surface area contributed by atoms with E-state index in [1.54, 1.807) is 11.9 Å². The fraction of sp³-hybridized carbons (Fsp3) is 0.562. The number of amides is 1. The molecule has 0 spiro atoms. The van der Waals surface area contributed by atoms with E-state index in [1.165, 1.54) is 0 Å². The second-order valence-electron chi connectivity index (χ2n) is 6.27. The molecule has 0 bridgehead atoms. The molecular weight excluding hydrogens is 284 g/mol. The Bertz CT molecular complexity index is 525. The predicted molar refractivity (Wildman–Crippen MR) is 83.1 cm³/mol. The standard InChI is InChI=1S/C16H24N2O4/c1-16(2,3)22-15(19)18(4)8-7-17-10-12-5-6-13-14(9-12)21-11-20-13/h5-6,9,17H,7-8,10-11H2,1-4H3. The zero-order valence-corrected chi connectivity index (χ0v) is 13.6. The highest BCUT2D eigenvalue weighted by Crippen LogP contribution is 2.32. The Morgan fingerprint density at radius 1 is 1.32 bits per heavy atom. The van der Waals surface area contributed by atoms with Gasteiger partial charge < -0.3 is 24.4 Å². The number of rotatable bonds is 5. The summed E-state index contributed by atoms with van der Waals surface area (Å²) in [7, 11) is 1.73. The summed E-state index contributed by atoms with van der Waals surface area (Å²) in [4.78, 5) is 13.4. The van der Waals surface area contributed by atoms with Crippen LogP contribution >= 0.6 is 0 Å². The molecule has 1 aromatic rings. The first-order valence-electron chi connectivity index (χ1n) is 7.38. The number of fused-ring (bicyclic) bond motifs is 1. The molecule has 1 N–H and O–H groups in total. The highest BCUT2D eigenvalue weighted by molar-refractivity contribution is 5.67. The second-order valence-corrected chi connectivity index (χ2v) is 6.27. The quantitative estimate of drug-likeness (QED) is 0.846. The molecule has 0 saturated carbocycles. The van der Waals surface area contributed by atoms with E-state index in [1.807, 2.05) is 39.0 Å². The summed E-state index contributed by atoms with van der Waals surface area (Å²) in [6, 6.07) is 5.87.